The van der Waals surface area contributed by atoms with E-state index < -0.39 is 5.92 Å². The number of hydrogen-bond donors (Lipinski definition) is 2. The number of anilines is 1. The van der Waals surface area contributed by atoms with Gasteiger partial charge in [0.25, 0.3) is 5.91 Å². The zero-order chi connectivity index (χ0) is 25.5. The Bertz CT molecular complexity index is 1280. The van der Waals surface area contributed by atoms with Crippen molar-refractivity contribution in [1.29, 1.82) is 0 Å². The Labute approximate surface area is 214 Å². The molecule has 0 saturated heterocycles. The van der Waals surface area contributed by atoms with Crippen LogP contribution in [0.4, 0.5) is 5.69 Å². The first-order valence-corrected chi connectivity index (χ1v) is 12.4. The van der Waals surface area contributed by atoms with E-state index in [4.69, 9.17) is 9.47 Å². The SMILES string of the molecule is COc1cc(Br)c(C2C(C(=O)Nc3ccccc3C)=C(C)NC3=C2C(=O)CC(C)(C)C3)cc1OC. The highest BCUT2D eigenvalue weighted by molar-refractivity contribution is 9.10. The van der Waals surface area contributed by atoms with E-state index in [1.54, 1.807) is 14.2 Å². The molecule has 184 valence electrons. The molecule has 0 radical (unpaired) electrons. The van der Waals surface area contributed by atoms with Crippen molar-refractivity contribution in [3.8, 4) is 11.5 Å². The van der Waals surface area contributed by atoms with E-state index in [0.717, 1.165) is 39.1 Å². The minimum Gasteiger partial charge on any atom is -0.493 e. The van der Waals surface area contributed by atoms with Crippen molar-refractivity contribution < 1.29 is 19.1 Å². The van der Waals surface area contributed by atoms with Crippen LogP contribution in [-0.2, 0) is 9.59 Å². The van der Waals surface area contributed by atoms with Crippen molar-refractivity contribution >= 4 is 33.3 Å². The standard InChI is InChI=1S/C28H31BrN2O4/c1-15-9-7-8-10-19(15)31-27(33)24-16(2)30-20-13-28(3,4)14-21(32)26(20)25(24)17-11-22(34-5)23(35-6)12-18(17)29/h7-12,25,30H,13-14H2,1-6H3,(H,31,33). The summed E-state index contributed by atoms with van der Waals surface area (Å²) in [4.78, 5) is 27.4. The van der Waals surface area contributed by atoms with Gasteiger partial charge in [-0.25, -0.2) is 0 Å². The molecule has 1 aliphatic heterocycles. The molecule has 1 amide bonds. The molecule has 2 aliphatic rings. The summed E-state index contributed by atoms with van der Waals surface area (Å²) in [6.07, 6.45) is 1.14. The highest BCUT2D eigenvalue weighted by Gasteiger charge is 2.43. The summed E-state index contributed by atoms with van der Waals surface area (Å²) >= 11 is 3.68. The second-order valence-electron chi connectivity index (χ2n) is 9.93. The van der Waals surface area contributed by atoms with Gasteiger partial charge in [0.05, 0.1) is 14.2 Å². The molecule has 2 aromatic rings. The number of para-hydroxylation sites is 1. The van der Waals surface area contributed by atoms with Gasteiger partial charge in [-0.1, -0.05) is 48.0 Å². The number of aryl methyl sites for hydroxylation is 1. The summed E-state index contributed by atoms with van der Waals surface area (Å²) < 4.78 is 11.8. The van der Waals surface area contributed by atoms with E-state index in [9.17, 15) is 9.59 Å². The first-order chi connectivity index (χ1) is 16.6. The molecule has 0 fully saturated rings. The fourth-order valence-corrected chi connectivity index (χ4v) is 5.59. The van der Waals surface area contributed by atoms with Crippen LogP contribution in [-0.4, -0.2) is 25.9 Å². The van der Waals surface area contributed by atoms with Gasteiger partial charge in [0, 0.05) is 45.0 Å². The monoisotopic (exact) mass is 538 g/mol. The van der Waals surface area contributed by atoms with E-state index in [1.165, 1.54) is 0 Å². The van der Waals surface area contributed by atoms with Gasteiger partial charge in [-0.3, -0.25) is 9.59 Å². The Kier molecular flexibility index (Phi) is 6.82. The minimum atomic E-state index is -0.562. The molecule has 1 heterocycles. The summed E-state index contributed by atoms with van der Waals surface area (Å²) in [6, 6.07) is 11.3. The second kappa shape index (κ2) is 9.53. The molecule has 0 bridgehead atoms. The van der Waals surface area contributed by atoms with Crippen LogP contribution in [0.15, 0.2) is 63.4 Å². The lowest BCUT2D eigenvalue weighted by atomic mass is 9.68. The number of methoxy groups -OCH3 is 2. The van der Waals surface area contributed by atoms with Crippen molar-refractivity contribution in [3.63, 3.8) is 0 Å². The number of halogens is 1. The number of amides is 1. The summed E-state index contributed by atoms with van der Waals surface area (Å²) in [5.41, 5.74) is 5.06. The lowest BCUT2D eigenvalue weighted by Gasteiger charge is -2.40. The molecule has 0 aromatic heterocycles. The number of carbonyl (C=O) groups is 2. The van der Waals surface area contributed by atoms with Crippen molar-refractivity contribution in [2.75, 3.05) is 19.5 Å². The molecule has 6 nitrogen and oxygen atoms in total. The summed E-state index contributed by atoms with van der Waals surface area (Å²) in [5, 5.41) is 6.48. The maximum absolute atomic E-state index is 13.8. The van der Waals surface area contributed by atoms with Crippen LogP contribution in [0.5, 0.6) is 11.5 Å². The van der Waals surface area contributed by atoms with E-state index in [-0.39, 0.29) is 17.1 Å². The molecule has 1 aliphatic carbocycles. The van der Waals surface area contributed by atoms with E-state index in [2.05, 4.69) is 40.4 Å². The minimum absolute atomic E-state index is 0.0455. The number of rotatable bonds is 5. The van der Waals surface area contributed by atoms with Crippen molar-refractivity contribution in [2.24, 2.45) is 5.41 Å². The number of benzene rings is 2. The van der Waals surface area contributed by atoms with E-state index in [1.807, 2.05) is 50.2 Å². The quantitative estimate of drug-likeness (QED) is 0.486. The average molecular weight is 539 g/mol. The molecule has 2 aromatic carbocycles. The number of allylic oxidation sites excluding steroid dienone is 3. The molecule has 0 saturated carbocycles. The molecule has 1 unspecified atom stereocenters. The van der Waals surface area contributed by atoms with Gasteiger partial charge in [-0.05, 0) is 55.0 Å². The zero-order valence-corrected chi connectivity index (χ0v) is 22.6. The van der Waals surface area contributed by atoms with Crippen LogP contribution in [0.3, 0.4) is 0 Å². The maximum atomic E-state index is 13.8. The van der Waals surface area contributed by atoms with Crippen LogP contribution in [0, 0.1) is 12.3 Å². The van der Waals surface area contributed by atoms with Crippen molar-refractivity contribution in [2.45, 2.75) is 46.5 Å². The van der Waals surface area contributed by atoms with Crippen LogP contribution in [0.2, 0.25) is 0 Å². The Morgan fingerprint density at radius 1 is 1.09 bits per heavy atom. The van der Waals surface area contributed by atoms with Gasteiger partial charge < -0.3 is 20.1 Å². The summed E-state index contributed by atoms with van der Waals surface area (Å²) in [6.45, 7) is 8.03. The molecular weight excluding hydrogens is 508 g/mol. The first-order valence-electron chi connectivity index (χ1n) is 11.6. The van der Waals surface area contributed by atoms with E-state index in [0.29, 0.717) is 29.1 Å². The molecule has 2 N–H and O–H groups in total. The summed E-state index contributed by atoms with van der Waals surface area (Å²) in [5.74, 6) is 0.331. The topological polar surface area (TPSA) is 76.7 Å². The third-order valence-corrected chi connectivity index (χ3v) is 7.38. The predicted molar refractivity (Wildman–Crippen MR) is 141 cm³/mol. The van der Waals surface area contributed by atoms with Gasteiger partial charge in [0.1, 0.15) is 0 Å². The zero-order valence-electron chi connectivity index (χ0n) is 21.0. The van der Waals surface area contributed by atoms with E-state index >= 15 is 0 Å². The third kappa shape index (κ3) is 4.74. The number of ether oxygens (including phenoxy) is 2. The number of dihydropyridines is 1. The molecule has 4 rings (SSSR count). The fraction of sp³-hybridized carbons (Fsp3) is 0.357. The van der Waals surface area contributed by atoms with Crippen molar-refractivity contribution in [1.82, 2.24) is 5.32 Å². The Morgan fingerprint density at radius 2 is 1.74 bits per heavy atom. The van der Waals surface area contributed by atoms with Gasteiger partial charge in [0.2, 0.25) is 0 Å². The maximum Gasteiger partial charge on any atom is 0.254 e. The molecular formula is C28H31BrN2O4. The molecule has 1 atom stereocenters. The van der Waals surface area contributed by atoms with Crippen LogP contribution < -0.4 is 20.1 Å². The Hall–Kier alpha value is -3.06. The van der Waals surface area contributed by atoms with Gasteiger partial charge in [0.15, 0.2) is 17.3 Å². The van der Waals surface area contributed by atoms with Crippen molar-refractivity contribution in [3.05, 3.63) is 74.5 Å². The third-order valence-electron chi connectivity index (χ3n) is 6.69. The van der Waals surface area contributed by atoms with Crippen LogP contribution >= 0.6 is 15.9 Å². The van der Waals surface area contributed by atoms with Crippen LogP contribution in [0.25, 0.3) is 0 Å². The fourth-order valence-electron chi connectivity index (χ4n) is 5.04. The lowest BCUT2D eigenvalue weighted by molar-refractivity contribution is -0.118. The molecule has 7 heteroatoms. The number of Topliss-reactive ketones (excluding diaryl/α,β-unsaturated/α-hetero) is 1. The smallest absolute Gasteiger partial charge is 0.254 e. The predicted octanol–water partition coefficient (Wildman–Crippen LogP) is 6.02. The largest absolute Gasteiger partial charge is 0.493 e. The second-order valence-corrected chi connectivity index (χ2v) is 10.8. The first kappa shape index (κ1) is 25.0. The Morgan fingerprint density at radius 3 is 2.40 bits per heavy atom. The number of nitrogens with one attached hydrogen (secondary N) is 2. The highest BCUT2D eigenvalue weighted by Crippen LogP contribution is 2.49. The molecule has 35 heavy (non-hydrogen) atoms. The van der Waals surface area contributed by atoms with Gasteiger partial charge in [-0.2, -0.15) is 0 Å². The summed E-state index contributed by atoms with van der Waals surface area (Å²) in [7, 11) is 3.15. The number of carbonyl (C=O) groups excluding carboxylic acids is 2. The number of ketones is 1. The highest BCUT2D eigenvalue weighted by atomic mass is 79.9. The van der Waals surface area contributed by atoms with Crippen LogP contribution in [0.1, 0.15) is 50.7 Å². The lowest BCUT2D eigenvalue weighted by Crippen LogP contribution is -2.39. The van der Waals surface area contributed by atoms with Gasteiger partial charge in [-0.15, -0.1) is 0 Å². The van der Waals surface area contributed by atoms with Gasteiger partial charge >= 0.3 is 0 Å². The molecule has 0 spiro atoms. The Balaban J connectivity index is 1.90. The average Bonchev–Trinajstić information content (AvgIpc) is 2.78. The normalized spacial score (nSPS) is 19.2. The number of hydrogen-bond acceptors (Lipinski definition) is 5.